The first-order valence-electron chi connectivity index (χ1n) is 5.43. The van der Waals surface area contributed by atoms with Crippen molar-refractivity contribution in [2.75, 3.05) is 13.1 Å². The van der Waals surface area contributed by atoms with Crippen LogP contribution in [0.2, 0.25) is 0 Å². The van der Waals surface area contributed by atoms with Crippen LogP contribution in [0.5, 0.6) is 0 Å². The largest absolute Gasteiger partial charge is 0.317 e. The Morgan fingerprint density at radius 1 is 1.18 bits per heavy atom. The summed E-state index contributed by atoms with van der Waals surface area (Å²) in [5.41, 5.74) is 0. The lowest BCUT2D eigenvalue weighted by molar-refractivity contribution is 0.262. The number of nitrogens with two attached hydrogens (primary N) is 1. The molecule has 96 valence electrons. The Kier molecular flexibility index (Phi) is 5.54. The fraction of sp³-hybridized carbons (Fsp3) is 0.455. The van der Waals surface area contributed by atoms with E-state index in [1.54, 1.807) is 18.2 Å². The van der Waals surface area contributed by atoms with Crippen molar-refractivity contribution in [2.24, 2.45) is 5.14 Å². The van der Waals surface area contributed by atoms with E-state index in [1.165, 1.54) is 12.1 Å². The van der Waals surface area contributed by atoms with Gasteiger partial charge in [-0.15, -0.1) is 0 Å². The summed E-state index contributed by atoms with van der Waals surface area (Å²) in [6.07, 6.45) is 0.890. The molecule has 0 amide bonds. The number of benzene rings is 1. The molecular weight excluding hydrogens is 243 g/mol. The number of nitrogens with one attached hydrogen (secondary N) is 1. The molecule has 0 aromatic heterocycles. The fourth-order valence-electron chi connectivity index (χ4n) is 1.40. The molecule has 1 aromatic carbocycles. The Hall–Kier alpha value is -0.980. The van der Waals surface area contributed by atoms with Gasteiger partial charge >= 0.3 is 0 Å². The third-order valence-electron chi connectivity index (χ3n) is 2.34. The van der Waals surface area contributed by atoms with Crippen LogP contribution in [0, 0.1) is 0 Å². The number of halogens is 1. The number of primary sulfonamides is 1. The van der Waals surface area contributed by atoms with Crippen LogP contribution in [0.3, 0.4) is 0 Å². The maximum atomic E-state index is 12.1. The molecule has 1 heterocycles. The van der Waals surface area contributed by atoms with Gasteiger partial charge in [0.1, 0.15) is 6.17 Å². The van der Waals surface area contributed by atoms with E-state index in [4.69, 9.17) is 5.14 Å². The predicted molar refractivity (Wildman–Crippen MR) is 64.8 cm³/mol. The van der Waals surface area contributed by atoms with Gasteiger partial charge in [0.2, 0.25) is 10.0 Å². The zero-order valence-corrected chi connectivity index (χ0v) is 10.3. The second-order valence-electron chi connectivity index (χ2n) is 3.78. The highest BCUT2D eigenvalue weighted by Gasteiger charge is 2.09. The van der Waals surface area contributed by atoms with E-state index in [1.807, 2.05) is 0 Å². The second kappa shape index (κ2) is 6.68. The molecule has 17 heavy (non-hydrogen) atoms. The van der Waals surface area contributed by atoms with E-state index < -0.39 is 16.2 Å². The van der Waals surface area contributed by atoms with Crippen molar-refractivity contribution >= 4 is 10.0 Å². The minimum absolute atomic E-state index is 0.148. The van der Waals surface area contributed by atoms with Crippen LogP contribution in [0.25, 0.3) is 0 Å². The van der Waals surface area contributed by atoms with Gasteiger partial charge in [-0.2, -0.15) is 0 Å². The molecule has 1 fully saturated rings. The molecule has 0 radical (unpaired) electrons. The summed E-state index contributed by atoms with van der Waals surface area (Å²) in [4.78, 5) is 0.148. The van der Waals surface area contributed by atoms with Crippen molar-refractivity contribution in [3.05, 3.63) is 30.3 Å². The van der Waals surface area contributed by atoms with Crippen molar-refractivity contribution in [3.8, 4) is 0 Å². The first kappa shape index (κ1) is 14.1. The summed E-state index contributed by atoms with van der Waals surface area (Å²) in [5, 5.41) is 7.90. The van der Waals surface area contributed by atoms with Gasteiger partial charge in [-0.1, -0.05) is 18.2 Å². The van der Waals surface area contributed by atoms with Crippen molar-refractivity contribution in [3.63, 3.8) is 0 Å². The lowest BCUT2D eigenvalue weighted by atomic mass is 10.1. The van der Waals surface area contributed by atoms with Crippen LogP contribution >= 0.6 is 0 Å². The standard InChI is InChI=1S/C6H7NO2S.C5H10FN/c7-10(8,9)6-4-2-1-3-5-6;6-5-1-3-7-4-2-5/h1-5H,(H2,7,8,9);5,7H,1-4H2. The summed E-state index contributed by atoms with van der Waals surface area (Å²) < 4.78 is 33.4. The molecule has 0 aliphatic carbocycles. The van der Waals surface area contributed by atoms with Gasteiger partial charge < -0.3 is 5.32 Å². The number of sulfonamides is 1. The van der Waals surface area contributed by atoms with Gasteiger partial charge in [-0.25, -0.2) is 17.9 Å². The van der Waals surface area contributed by atoms with Crippen LogP contribution < -0.4 is 10.5 Å². The molecule has 3 N–H and O–H groups in total. The van der Waals surface area contributed by atoms with Crippen LogP contribution in [0.15, 0.2) is 35.2 Å². The topological polar surface area (TPSA) is 72.2 Å². The molecule has 6 heteroatoms. The van der Waals surface area contributed by atoms with Gasteiger partial charge in [-0.05, 0) is 38.1 Å². The maximum Gasteiger partial charge on any atom is 0.238 e. The monoisotopic (exact) mass is 260 g/mol. The molecule has 1 saturated heterocycles. The van der Waals surface area contributed by atoms with Crippen LogP contribution in [-0.4, -0.2) is 27.7 Å². The highest BCUT2D eigenvalue weighted by atomic mass is 32.2. The summed E-state index contributed by atoms with van der Waals surface area (Å²) in [6.45, 7) is 1.72. The predicted octanol–water partition coefficient (Wildman–Crippen LogP) is 1.04. The second-order valence-corrected chi connectivity index (χ2v) is 5.34. The minimum atomic E-state index is -3.50. The Balaban J connectivity index is 0.000000181. The first-order valence-corrected chi connectivity index (χ1v) is 6.97. The summed E-state index contributed by atoms with van der Waals surface area (Å²) in [5.74, 6) is 0. The molecule has 0 spiro atoms. The Bertz CT molecular complexity index is 416. The normalized spacial score (nSPS) is 17.1. The van der Waals surface area contributed by atoms with Gasteiger partial charge in [0.05, 0.1) is 4.90 Å². The highest BCUT2D eigenvalue weighted by Crippen LogP contribution is 2.04. The lowest BCUT2D eigenvalue weighted by Gasteiger charge is -2.14. The van der Waals surface area contributed by atoms with Gasteiger partial charge in [0, 0.05) is 0 Å². The van der Waals surface area contributed by atoms with Gasteiger partial charge in [-0.3, -0.25) is 0 Å². The van der Waals surface area contributed by atoms with Crippen LogP contribution in [0.4, 0.5) is 4.39 Å². The molecule has 1 aromatic rings. The van der Waals surface area contributed by atoms with Crippen LogP contribution in [0.1, 0.15) is 12.8 Å². The van der Waals surface area contributed by atoms with Gasteiger partial charge in [0.15, 0.2) is 0 Å². The quantitative estimate of drug-likeness (QED) is 0.792. The Morgan fingerprint density at radius 3 is 2.00 bits per heavy atom. The number of rotatable bonds is 1. The van der Waals surface area contributed by atoms with E-state index in [9.17, 15) is 12.8 Å². The third-order valence-corrected chi connectivity index (χ3v) is 3.27. The van der Waals surface area contributed by atoms with E-state index in [-0.39, 0.29) is 4.90 Å². The van der Waals surface area contributed by atoms with E-state index >= 15 is 0 Å². The SMILES string of the molecule is FC1CCNCC1.NS(=O)(=O)c1ccccc1. The molecule has 0 atom stereocenters. The molecule has 4 nitrogen and oxygen atoms in total. The number of alkyl halides is 1. The lowest BCUT2D eigenvalue weighted by Crippen LogP contribution is -2.28. The summed E-state index contributed by atoms with van der Waals surface area (Å²) in [6, 6.07) is 7.89. The Labute approximate surface area is 101 Å². The molecule has 0 saturated carbocycles. The van der Waals surface area contributed by atoms with Crippen molar-refractivity contribution in [2.45, 2.75) is 23.9 Å². The van der Waals surface area contributed by atoms with Crippen molar-refractivity contribution in [1.82, 2.24) is 5.32 Å². The summed E-state index contributed by atoms with van der Waals surface area (Å²) >= 11 is 0. The molecule has 0 bridgehead atoms. The molecular formula is C11H17FN2O2S. The smallest absolute Gasteiger partial charge is 0.238 e. The molecule has 1 aliphatic heterocycles. The van der Waals surface area contributed by atoms with Crippen LogP contribution in [-0.2, 0) is 10.0 Å². The zero-order chi connectivity index (χ0) is 12.7. The average molecular weight is 260 g/mol. The number of piperidine rings is 1. The molecule has 1 aliphatic rings. The fourth-order valence-corrected chi connectivity index (χ4v) is 1.93. The van der Waals surface area contributed by atoms with Crippen molar-refractivity contribution < 1.29 is 12.8 Å². The highest BCUT2D eigenvalue weighted by molar-refractivity contribution is 7.89. The van der Waals surface area contributed by atoms with E-state index in [0.29, 0.717) is 12.8 Å². The van der Waals surface area contributed by atoms with Crippen molar-refractivity contribution in [1.29, 1.82) is 0 Å². The zero-order valence-electron chi connectivity index (χ0n) is 9.47. The minimum Gasteiger partial charge on any atom is -0.317 e. The Morgan fingerprint density at radius 2 is 1.71 bits per heavy atom. The van der Waals surface area contributed by atoms with E-state index in [2.05, 4.69) is 5.32 Å². The molecule has 2 rings (SSSR count). The maximum absolute atomic E-state index is 12.1. The van der Waals surface area contributed by atoms with E-state index in [0.717, 1.165) is 13.1 Å². The van der Waals surface area contributed by atoms with Gasteiger partial charge in [0.25, 0.3) is 0 Å². The number of hydrogen-bond donors (Lipinski definition) is 2. The number of hydrogen-bond acceptors (Lipinski definition) is 3. The molecule has 0 unspecified atom stereocenters. The average Bonchev–Trinajstić information content (AvgIpc) is 2.31. The third kappa shape index (κ3) is 5.76. The first-order chi connectivity index (χ1) is 8.00. The summed E-state index contributed by atoms with van der Waals surface area (Å²) in [7, 11) is -3.50.